The van der Waals surface area contributed by atoms with Gasteiger partial charge in [0.2, 0.25) is 5.96 Å². The summed E-state index contributed by atoms with van der Waals surface area (Å²) in [7, 11) is 1.61. The quantitative estimate of drug-likeness (QED) is 0.640. The van der Waals surface area contributed by atoms with Gasteiger partial charge in [-0.3, -0.25) is 10.1 Å². The van der Waals surface area contributed by atoms with Gasteiger partial charge in [0.25, 0.3) is 5.91 Å². The van der Waals surface area contributed by atoms with Crippen LogP contribution in [-0.2, 0) is 4.74 Å². The molecule has 0 spiro atoms. The molecule has 136 valence electrons. The van der Waals surface area contributed by atoms with Gasteiger partial charge in [0.1, 0.15) is 5.75 Å². The number of guanidine groups is 1. The first-order valence-electron chi connectivity index (χ1n) is 8.68. The predicted octanol–water partition coefficient (Wildman–Crippen LogP) is 3.07. The minimum atomic E-state index is -0.216. The molecule has 1 saturated heterocycles. The lowest BCUT2D eigenvalue weighted by Gasteiger charge is -2.14. The van der Waals surface area contributed by atoms with Gasteiger partial charge in [0.15, 0.2) is 0 Å². The molecule has 26 heavy (non-hydrogen) atoms. The van der Waals surface area contributed by atoms with Crippen molar-refractivity contribution in [2.75, 3.05) is 25.6 Å². The van der Waals surface area contributed by atoms with Crippen LogP contribution in [0, 0.1) is 0 Å². The molecule has 6 nitrogen and oxygen atoms in total. The summed E-state index contributed by atoms with van der Waals surface area (Å²) < 4.78 is 10.9. The zero-order valence-corrected chi connectivity index (χ0v) is 14.8. The highest BCUT2D eigenvalue weighted by molar-refractivity contribution is 6.09. The predicted molar refractivity (Wildman–Crippen MR) is 102 cm³/mol. The number of rotatable bonds is 5. The fourth-order valence-electron chi connectivity index (χ4n) is 2.70. The van der Waals surface area contributed by atoms with Gasteiger partial charge in [0, 0.05) is 23.9 Å². The van der Waals surface area contributed by atoms with Crippen molar-refractivity contribution < 1.29 is 14.3 Å². The third kappa shape index (κ3) is 5.07. The van der Waals surface area contributed by atoms with E-state index in [1.807, 2.05) is 42.5 Å². The van der Waals surface area contributed by atoms with Gasteiger partial charge in [-0.1, -0.05) is 24.3 Å². The van der Waals surface area contributed by atoms with Crippen LogP contribution in [0.3, 0.4) is 0 Å². The first kappa shape index (κ1) is 17.9. The van der Waals surface area contributed by atoms with Crippen molar-refractivity contribution in [2.45, 2.75) is 18.9 Å². The first-order valence-corrected chi connectivity index (χ1v) is 8.68. The highest BCUT2D eigenvalue weighted by Crippen LogP contribution is 2.17. The number of anilines is 1. The second-order valence-corrected chi connectivity index (χ2v) is 6.00. The third-order valence-electron chi connectivity index (χ3n) is 4.08. The Hall–Kier alpha value is -2.86. The van der Waals surface area contributed by atoms with Crippen LogP contribution in [0.15, 0.2) is 59.6 Å². The number of nitrogens with one attached hydrogen (secondary N) is 2. The summed E-state index contributed by atoms with van der Waals surface area (Å²) in [6, 6.07) is 16.5. The molecule has 0 aliphatic carbocycles. The molecule has 0 aromatic heterocycles. The fraction of sp³-hybridized carbons (Fsp3) is 0.300. The number of carbonyl (C=O) groups excluding carboxylic acids is 1. The molecule has 1 heterocycles. The summed E-state index contributed by atoms with van der Waals surface area (Å²) >= 11 is 0. The Balaban J connectivity index is 1.74. The van der Waals surface area contributed by atoms with Crippen molar-refractivity contribution >= 4 is 17.6 Å². The summed E-state index contributed by atoms with van der Waals surface area (Å²) in [6.45, 7) is 1.27. The Bertz CT molecular complexity index is 756. The molecule has 2 aromatic rings. The SMILES string of the molecule is COc1cccc(NC(=NC[C@H]2CCCO2)NC(=O)c2ccccc2)c1. The van der Waals surface area contributed by atoms with Crippen LogP contribution in [0.2, 0.25) is 0 Å². The molecule has 2 N–H and O–H groups in total. The molecule has 1 aliphatic rings. The largest absolute Gasteiger partial charge is 0.497 e. The van der Waals surface area contributed by atoms with E-state index in [9.17, 15) is 4.79 Å². The second-order valence-electron chi connectivity index (χ2n) is 6.00. The number of aliphatic imine (C=N–C) groups is 1. The van der Waals surface area contributed by atoms with Crippen molar-refractivity contribution in [3.63, 3.8) is 0 Å². The molecule has 0 bridgehead atoms. The number of amides is 1. The van der Waals surface area contributed by atoms with Gasteiger partial charge in [-0.2, -0.15) is 0 Å². The average molecular weight is 353 g/mol. The minimum Gasteiger partial charge on any atom is -0.497 e. The van der Waals surface area contributed by atoms with Crippen LogP contribution in [0.1, 0.15) is 23.2 Å². The molecule has 1 atom stereocenters. The fourth-order valence-corrected chi connectivity index (χ4v) is 2.70. The van der Waals surface area contributed by atoms with E-state index in [2.05, 4.69) is 15.6 Å². The zero-order valence-electron chi connectivity index (χ0n) is 14.8. The van der Waals surface area contributed by atoms with Gasteiger partial charge in [-0.15, -0.1) is 0 Å². The van der Waals surface area contributed by atoms with Crippen LogP contribution in [0.5, 0.6) is 5.75 Å². The van der Waals surface area contributed by atoms with Crippen LogP contribution in [-0.4, -0.2) is 38.2 Å². The molecule has 1 amide bonds. The number of ether oxygens (including phenoxy) is 2. The van der Waals surface area contributed by atoms with E-state index in [4.69, 9.17) is 9.47 Å². The van der Waals surface area contributed by atoms with Crippen molar-refractivity contribution in [1.29, 1.82) is 0 Å². The van der Waals surface area contributed by atoms with E-state index in [1.54, 1.807) is 19.2 Å². The van der Waals surface area contributed by atoms with Crippen molar-refractivity contribution in [1.82, 2.24) is 5.32 Å². The molecule has 0 radical (unpaired) electrons. The Labute approximate surface area is 153 Å². The van der Waals surface area contributed by atoms with E-state index in [-0.39, 0.29) is 12.0 Å². The Morgan fingerprint density at radius 1 is 1.23 bits per heavy atom. The topological polar surface area (TPSA) is 71.9 Å². The van der Waals surface area contributed by atoms with Gasteiger partial charge in [-0.05, 0) is 37.1 Å². The molecule has 0 unspecified atom stereocenters. The maximum atomic E-state index is 12.5. The highest BCUT2D eigenvalue weighted by Gasteiger charge is 2.16. The highest BCUT2D eigenvalue weighted by atomic mass is 16.5. The number of methoxy groups -OCH3 is 1. The lowest BCUT2D eigenvalue weighted by atomic mass is 10.2. The van der Waals surface area contributed by atoms with Crippen molar-refractivity contribution in [3.8, 4) is 5.75 Å². The lowest BCUT2D eigenvalue weighted by Crippen LogP contribution is -2.36. The third-order valence-corrected chi connectivity index (χ3v) is 4.08. The normalized spacial score (nSPS) is 17.0. The maximum Gasteiger partial charge on any atom is 0.257 e. The number of hydrogen-bond acceptors (Lipinski definition) is 4. The van der Waals surface area contributed by atoms with Crippen LogP contribution in [0.4, 0.5) is 5.69 Å². The summed E-state index contributed by atoms with van der Waals surface area (Å²) in [5, 5.41) is 6.01. The van der Waals surface area contributed by atoms with Crippen LogP contribution in [0.25, 0.3) is 0 Å². The van der Waals surface area contributed by atoms with E-state index in [0.717, 1.165) is 30.9 Å². The number of benzene rings is 2. The van der Waals surface area contributed by atoms with E-state index in [0.29, 0.717) is 18.1 Å². The van der Waals surface area contributed by atoms with Gasteiger partial charge in [-0.25, -0.2) is 4.99 Å². The van der Waals surface area contributed by atoms with Crippen molar-refractivity contribution in [3.05, 3.63) is 60.2 Å². The number of nitrogens with zero attached hydrogens (tertiary/aromatic N) is 1. The molecule has 2 aromatic carbocycles. The maximum absolute atomic E-state index is 12.5. The van der Waals surface area contributed by atoms with Crippen LogP contribution < -0.4 is 15.4 Å². The second kappa shape index (κ2) is 9.01. The summed E-state index contributed by atoms with van der Waals surface area (Å²) in [6.07, 6.45) is 2.14. The molecular formula is C20H23N3O3. The Morgan fingerprint density at radius 2 is 2.08 bits per heavy atom. The Kier molecular flexibility index (Phi) is 6.22. The summed E-state index contributed by atoms with van der Waals surface area (Å²) in [5.74, 6) is 0.901. The minimum absolute atomic E-state index is 0.103. The van der Waals surface area contributed by atoms with E-state index < -0.39 is 0 Å². The summed E-state index contributed by atoms with van der Waals surface area (Å²) in [4.78, 5) is 17.0. The van der Waals surface area contributed by atoms with E-state index >= 15 is 0 Å². The number of hydrogen-bond donors (Lipinski definition) is 2. The molecule has 1 fully saturated rings. The molecule has 6 heteroatoms. The van der Waals surface area contributed by atoms with Crippen LogP contribution >= 0.6 is 0 Å². The monoisotopic (exact) mass is 353 g/mol. The summed E-state index contributed by atoms with van der Waals surface area (Å²) in [5.41, 5.74) is 1.36. The van der Waals surface area contributed by atoms with Gasteiger partial charge < -0.3 is 14.8 Å². The van der Waals surface area contributed by atoms with Crippen molar-refractivity contribution in [2.24, 2.45) is 4.99 Å². The Morgan fingerprint density at radius 3 is 2.81 bits per heavy atom. The molecule has 1 aliphatic heterocycles. The van der Waals surface area contributed by atoms with Gasteiger partial charge in [0.05, 0.1) is 19.8 Å². The number of carbonyl (C=O) groups is 1. The van der Waals surface area contributed by atoms with Gasteiger partial charge >= 0.3 is 0 Å². The lowest BCUT2D eigenvalue weighted by molar-refractivity contribution is 0.0975. The standard InChI is InChI=1S/C20H23N3O3/c1-25-17-10-5-9-16(13-17)22-20(21-14-18-11-6-12-26-18)23-19(24)15-7-3-2-4-8-15/h2-5,7-10,13,18H,6,11-12,14H2,1H3,(H2,21,22,23,24)/t18-/m1/s1. The smallest absolute Gasteiger partial charge is 0.257 e. The first-order chi connectivity index (χ1) is 12.7. The van der Waals surface area contributed by atoms with E-state index in [1.165, 1.54) is 0 Å². The molecule has 0 saturated carbocycles. The zero-order chi connectivity index (χ0) is 18.2. The average Bonchev–Trinajstić information content (AvgIpc) is 3.20. The molecule has 3 rings (SSSR count). The molecular weight excluding hydrogens is 330 g/mol.